The van der Waals surface area contributed by atoms with E-state index in [1.165, 1.54) is 32.3 Å². The van der Waals surface area contributed by atoms with Crippen molar-refractivity contribution in [1.82, 2.24) is 0 Å². The number of halogens is 9. The summed E-state index contributed by atoms with van der Waals surface area (Å²) < 4.78 is 148. The largest absolute Gasteiger partial charge is 0.416 e. The van der Waals surface area contributed by atoms with Crippen LogP contribution in [0.3, 0.4) is 0 Å². The Kier molecular flexibility index (Phi) is 12.2. The lowest BCUT2D eigenvalue weighted by molar-refractivity contribution is -0.132. The van der Waals surface area contributed by atoms with Crippen LogP contribution in [0.2, 0.25) is 50.4 Å². The Bertz CT molecular complexity index is 702. The van der Waals surface area contributed by atoms with E-state index in [0.29, 0.717) is 6.42 Å². The average molecular weight is 627 g/mol. The molecule has 0 aliphatic carbocycles. The fourth-order valence-electron chi connectivity index (χ4n) is 4.09. The zero-order valence-electron chi connectivity index (χ0n) is 21.3. The van der Waals surface area contributed by atoms with Crippen LogP contribution < -0.4 is 0 Å². The summed E-state index contributed by atoms with van der Waals surface area (Å²) in [6.07, 6.45) is -15.9. The molecule has 1 aliphatic heterocycles. The molecule has 2 unspecified atom stereocenters. The van der Waals surface area contributed by atoms with Crippen LogP contribution in [0, 0.1) is 0 Å². The van der Waals surface area contributed by atoms with Crippen molar-refractivity contribution >= 4 is 34.2 Å². The molecular weight excluding hydrogens is 592 g/mol. The molecule has 0 spiro atoms. The molecule has 220 valence electrons. The second kappa shape index (κ2) is 13.0. The number of hydrogen-bond donors (Lipinski definition) is 0. The van der Waals surface area contributed by atoms with Crippen molar-refractivity contribution < 1.29 is 60.7 Å². The highest BCUT2D eigenvalue weighted by Crippen LogP contribution is 2.42. The first-order valence-corrected chi connectivity index (χ1v) is 21.8. The van der Waals surface area contributed by atoms with Crippen LogP contribution in [0.25, 0.3) is 0 Å². The Balaban J connectivity index is 3.39. The van der Waals surface area contributed by atoms with Gasteiger partial charge in [0.2, 0.25) is 0 Å². The highest BCUT2D eigenvalue weighted by molar-refractivity contribution is 6.93. The maximum atomic E-state index is 13.1. The quantitative estimate of drug-likeness (QED) is 0.0958. The van der Waals surface area contributed by atoms with Crippen LogP contribution in [0.1, 0.15) is 25.7 Å². The molecule has 0 aromatic heterocycles. The topological polar surface area (TPSA) is 46.2 Å². The van der Waals surface area contributed by atoms with E-state index in [0.717, 1.165) is 0 Å². The van der Waals surface area contributed by atoms with Gasteiger partial charge in [-0.15, -0.1) is 6.58 Å². The predicted molar refractivity (Wildman–Crippen MR) is 128 cm³/mol. The molecule has 1 fully saturated rings. The Morgan fingerprint density at radius 2 is 0.892 bits per heavy atom. The molecule has 0 aromatic rings. The van der Waals surface area contributed by atoms with Gasteiger partial charge in [0.05, 0.1) is 6.61 Å². The minimum atomic E-state index is -4.63. The van der Waals surface area contributed by atoms with Crippen LogP contribution in [0.4, 0.5) is 39.5 Å². The monoisotopic (exact) mass is 626 g/mol. The van der Waals surface area contributed by atoms with E-state index in [2.05, 4.69) is 6.58 Å². The standard InChI is InChI=1S/C19H35F9O5Si4/c1-6-11-29-12-7-13-34(2)30-35(3,14-8-17(20,21)22)32-37(5,16-10-19(26,27)28)33-36(4,31-34)15-9-18(23,24)25/h6H,1,7-16H2,2-5H3. The summed E-state index contributed by atoms with van der Waals surface area (Å²) in [5.74, 6) is 0. The Hall–Kier alpha value is -0.222. The van der Waals surface area contributed by atoms with Gasteiger partial charge in [-0.3, -0.25) is 0 Å². The molecule has 1 heterocycles. The lowest BCUT2D eigenvalue weighted by atomic mass is 10.5. The third kappa shape index (κ3) is 14.7. The molecule has 0 amide bonds. The van der Waals surface area contributed by atoms with Gasteiger partial charge >= 0.3 is 52.8 Å². The summed E-state index contributed by atoms with van der Waals surface area (Å²) in [5, 5.41) is 0. The molecule has 0 aromatic carbocycles. The summed E-state index contributed by atoms with van der Waals surface area (Å²) in [5.41, 5.74) is 0. The van der Waals surface area contributed by atoms with Gasteiger partial charge in [-0.2, -0.15) is 39.5 Å². The molecule has 0 bridgehead atoms. The Morgan fingerprint density at radius 1 is 0.595 bits per heavy atom. The smallest absolute Gasteiger partial charge is 0.389 e. The number of rotatable bonds is 12. The van der Waals surface area contributed by atoms with E-state index < -0.39 is 90.2 Å². The summed E-state index contributed by atoms with van der Waals surface area (Å²) >= 11 is 0. The normalized spacial score (nSPS) is 32.1. The van der Waals surface area contributed by atoms with E-state index in [4.69, 9.17) is 21.2 Å². The second-order valence-electron chi connectivity index (χ2n) is 9.76. The molecular formula is C19H35F9O5Si4. The minimum Gasteiger partial charge on any atom is -0.416 e. The first kappa shape index (κ1) is 34.8. The van der Waals surface area contributed by atoms with E-state index >= 15 is 0 Å². The fraction of sp³-hybridized carbons (Fsp3) is 0.895. The second-order valence-corrected chi connectivity index (χ2v) is 24.1. The molecule has 5 nitrogen and oxygen atoms in total. The fourth-order valence-corrected chi connectivity index (χ4v) is 27.1. The van der Waals surface area contributed by atoms with Gasteiger partial charge in [0.25, 0.3) is 0 Å². The molecule has 1 saturated heterocycles. The van der Waals surface area contributed by atoms with Gasteiger partial charge in [0, 0.05) is 25.9 Å². The van der Waals surface area contributed by atoms with E-state index in [1.54, 1.807) is 0 Å². The van der Waals surface area contributed by atoms with Crippen LogP contribution in [0.5, 0.6) is 0 Å². The van der Waals surface area contributed by atoms with Crippen LogP contribution in [0.15, 0.2) is 12.7 Å². The zero-order chi connectivity index (χ0) is 28.8. The van der Waals surface area contributed by atoms with Gasteiger partial charge in [0.15, 0.2) is 0 Å². The summed E-state index contributed by atoms with van der Waals surface area (Å²) in [6, 6.07) is -1.79. The molecule has 2 atom stereocenters. The van der Waals surface area contributed by atoms with Crippen molar-refractivity contribution in [2.45, 2.75) is 94.6 Å². The summed E-state index contributed by atoms with van der Waals surface area (Å²) in [6.45, 7) is 9.36. The highest BCUT2D eigenvalue weighted by atomic mass is 28.5. The number of alkyl halides is 9. The van der Waals surface area contributed by atoms with Gasteiger partial charge in [-0.25, -0.2) is 0 Å². The van der Waals surface area contributed by atoms with Crippen molar-refractivity contribution in [1.29, 1.82) is 0 Å². The summed E-state index contributed by atoms with van der Waals surface area (Å²) in [4.78, 5) is 0. The van der Waals surface area contributed by atoms with Crippen molar-refractivity contribution in [3.8, 4) is 0 Å². The van der Waals surface area contributed by atoms with Crippen LogP contribution in [-0.4, -0.2) is 66.0 Å². The van der Waals surface area contributed by atoms with E-state index in [1.807, 2.05) is 0 Å². The van der Waals surface area contributed by atoms with Gasteiger partial charge in [0.1, 0.15) is 0 Å². The van der Waals surface area contributed by atoms with Gasteiger partial charge < -0.3 is 21.2 Å². The first-order valence-electron chi connectivity index (χ1n) is 11.7. The van der Waals surface area contributed by atoms with E-state index in [-0.39, 0.29) is 19.3 Å². The molecule has 1 aliphatic rings. The molecule has 0 saturated carbocycles. The van der Waals surface area contributed by atoms with Crippen molar-refractivity contribution in [3.05, 3.63) is 12.7 Å². The minimum absolute atomic E-state index is 0.154. The number of hydrogen-bond acceptors (Lipinski definition) is 5. The Morgan fingerprint density at radius 3 is 1.16 bits per heavy atom. The molecule has 37 heavy (non-hydrogen) atoms. The molecule has 0 N–H and O–H groups in total. The highest BCUT2D eigenvalue weighted by Gasteiger charge is 2.58. The van der Waals surface area contributed by atoms with Gasteiger partial charge in [-0.05, 0) is 56.8 Å². The number of ether oxygens (including phenoxy) is 1. The van der Waals surface area contributed by atoms with Crippen LogP contribution >= 0.6 is 0 Å². The van der Waals surface area contributed by atoms with Crippen molar-refractivity contribution in [2.24, 2.45) is 0 Å². The molecule has 18 heteroatoms. The first-order chi connectivity index (χ1) is 16.5. The lowest BCUT2D eigenvalue weighted by Gasteiger charge is -2.50. The lowest BCUT2D eigenvalue weighted by Crippen LogP contribution is -2.67. The predicted octanol–water partition coefficient (Wildman–Crippen LogP) is 7.80. The third-order valence-corrected chi connectivity index (χ3v) is 24.0. The Labute approximate surface area is 215 Å². The SMILES string of the molecule is C=CCOCCC[Si]1(C)O[Si](C)(CCC(F)(F)F)O[Si](C)(CCC(F)(F)F)O[Si](C)(CCC(F)(F)F)O1. The van der Waals surface area contributed by atoms with Crippen molar-refractivity contribution in [3.63, 3.8) is 0 Å². The molecule has 1 rings (SSSR count). The van der Waals surface area contributed by atoms with Gasteiger partial charge in [-0.1, -0.05) is 6.08 Å². The van der Waals surface area contributed by atoms with Crippen molar-refractivity contribution in [2.75, 3.05) is 13.2 Å². The summed E-state index contributed by atoms with van der Waals surface area (Å²) in [7, 11) is -15.3. The average Bonchev–Trinajstić information content (AvgIpc) is 2.67. The molecule has 0 radical (unpaired) electrons. The zero-order valence-corrected chi connectivity index (χ0v) is 25.3. The third-order valence-electron chi connectivity index (χ3n) is 5.47. The maximum absolute atomic E-state index is 13.1. The van der Waals surface area contributed by atoms with Crippen LogP contribution in [-0.2, 0) is 21.2 Å². The maximum Gasteiger partial charge on any atom is 0.389 e. The van der Waals surface area contributed by atoms with E-state index in [9.17, 15) is 39.5 Å².